The first-order valence-electron chi connectivity index (χ1n) is 14.0. The van der Waals surface area contributed by atoms with Gasteiger partial charge in [-0.25, -0.2) is 8.42 Å². The van der Waals surface area contributed by atoms with Crippen LogP contribution in [0.25, 0.3) is 0 Å². The molecule has 7 nitrogen and oxygen atoms in total. The first-order chi connectivity index (χ1) is 21.7. The third-order valence-corrected chi connectivity index (χ3v) is 9.80. The average molecular weight is 737 g/mol. The molecule has 0 saturated heterocycles. The van der Waals surface area contributed by atoms with Gasteiger partial charge in [-0.2, -0.15) is 13.2 Å². The molecule has 0 spiro atoms. The van der Waals surface area contributed by atoms with Crippen molar-refractivity contribution in [1.29, 1.82) is 0 Å². The van der Waals surface area contributed by atoms with Crippen molar-refractivity contribution in [2.75, 3.05) is 17.9 Å². The minimum absolute atomic E-state index is 0.0874. The molecule has 0 fully saturated rings. The normalized spacial score (nSPS) is 12.3. The Morgan fingerprint density at radius 2 is 1.57 bits per heavy atom. The summed E-state index contributed by atoms with van der Waals surface area (Å²) in [5, 5.41) is 1.95. The molecular formula is C33H30BrClF3N3O4S. The number of nitrogens with one attached hydrogen (secondary N) is 1. The highest BCUT2D eigenvalue weighted by Gasteiger charge is 2.37. The summed E-state index contributed by atoms with van der Waals surface area (Å²) in [6, 6.07) is 23.2. The quantitative estimate of drug-likeness (QED) is 0.180. The van der Waals surface area contributed by atoms with Crippen LogP contribution >= 0.6 is 27.5 Å². The molecule has 0 unspecified atom stereocenters. The van der Waals surface area contributed by atoms with Crippen LogP contribution in [0.4, 0.5) is 18.9 Å². The Kier molecular flexibility index (Phi) is 11.2. The molecule has 4 aromatic carbocycles. The molecule has 4 aromatic rings. The Bertz CT molecular complexity index is 1810. The molecule has 0 aliphatic carbocycles. The van der Waals surface area contributed by atoms with Crippen LogP contribution in [-0.4, -0.2) is 44.8 Å². The summed E-state index contributed by atoms with van der Waals surface area (Å²) in [6.45, 7) is 0.736. The molecule has 0 radical (unpaired) electrons. The number of amides is 2. The molecule has 2 amide bonds. The number of sulfonamides is 1. The zero-order chi connectivity index (χ0) is 33.6. The third-order valence-electron chi connectivity index (χ3n) is 7.19. The molecule has 1 atom stereocenters. The minimum Gasteiger partial charge on any atom is -0.357 e. The lowest BCUT2D eigenvalue weighted by atomic mass is 10.0. The lowest BCUT2D eigenvalue weighted by molar-refractivity contribution is -0.139. The molecule has 0 saturated carbocycles. The summed E-state index contributed by atoms with van der Waals surface area (Å²) < 4.78 is 71.1. The number of carbonyl (C=O) groups excluding carboxylic acids is 2. The fourth-order valence-corrected chi connectivity index (χ4v) is 6.88. The standard InChI is InChI=1S/C33H30BrClF3N3O4S/c1-22-11-14-27(15-12-22)46(44,45)41(26-13-16-29(35)28(19-26)33(36,37)38)21-31(42)40(20-24-9-6-10-25(34)17-24)30(32(43)39-2)18-23-7-4-3-5-8-23/h3-17,19,30H,18,20-21H2,1-2H3,(H,39,43)/t30-/m1/s1. The Balaban J connectivity index is 1.85. The van der Waals surface area contributed by atoms with E-state index < -0.39 is 56.9 Å². The van der Waals surface area contributed by atoms with Crippen molar-refractivity contribution in [2.24, 2.45) is 0 Å². The number of carbonyl (C=O) groups is 2. The SMILES string of the molecule is CNC(=O)[C@@H](Cc1ccccc1)N(Cc1cccc(Br)c1)C(=O)CN(c1ccc(Cl)c(C(F)(F)F)c1)S(=O)(=O)c1ccc(C)cc1. The van der Waals surface area contributed by atoms with Crippen molar-refractivity contribution in [2.45, 2.75) is 37.0 Å². The number of likely N-dealkylation sites (N-methyl/N-ethyl adjacent to an activating group) is 1. The van der Waals surface area contributed by atoms with E-state index in [1.165, 1.54) is 36.2 Å². The lowest BCUT2D eigenvalue weighted by Gasteiger charge is -2.33. The largest absolute Gasteiger partial charge is 0.417 e. The van der Waals surface area contributed by atoms with Gasteiger partial charge in [-0.3, -0.25) is 13.9 Å². The van der Waals surface area contributed by atoms with Gasteiger partial charge in [0.15, 0.2) is 0 Å². The van der Waals surface area contributed by atoms with E-state index in [2.05, 4.69) is 21.2 Å². The molecule has 46 heavy (non-hydrogen) atoms. The Hall–Kier alpha value is -3.87. The minimum atomic E-state index is -4.90. The van der Waals surface area contributed by atoms with E-state index >= 15 is 0 Å². The van der Waals surface area contributed by atoms with Crippen LogP contribution in [0.5, 0.6) is 0 Å². The number of benzene rings is 4. The molecule has 0 heterocycles. The number of halogens is 5. The second kappa shape index (κ2) is 14.7. The van der Waals surface area contributed by atoms with Crippen molar-refractivity contribution in [3.05, 3.63) is 129 Å². The topological polar surface area (TPSA) is 86.8 Å². The first kappa shape index (κ1) is 35.0. The number of aryl methyl sites for hydroxylation is 1. The molecule has 0 aliphatic heterocycles. The van der Waals surface area contributed by atoms with Crippen molar-refractivity contribution >= 4 is 55.1 Å². The number of nitrogens with zero attached hydrogens (tertiary/aromatic N) is 2. The van der Waals surface area contributed by atoms with Gasteiger partial charge in [-0.05, 0) is 60.5 Å². The van der Waals surface area contributed by atoms with Gasteiger partial charge in [-0.15, -0.1) is 0 Å². The molecular weight excluding hydrogens is 707 g/mol. The van der Waals surface area contributed by atoms with Gasteiger partial charge in [0.05, 0.1) is 21.2 Å². The number of hydrogen-bond acceptors (Lipinski definition) is 4. The zero-order valence-corrected chi connectivity index (χ0v) is 27.9. The van der Waals surface area contributed by atoms with Gasteiger partial charge in [0.25, 0.3) is 10.0 Å². The van der Waals surface area contributed by atoms with Gasteiger partial charge in [0, 0.05) is 24.5 Å². The summed E-state index contributed by atoms with van der Waals surface area (Å²) in [6.07, 6.45) is -4.81. The van der Waals surface area contributed by atoms with E-state index in [0.29, 0.717) is 20.4 Å². The molecule has 13 heteroatoms. The van der Waals surface area contributed by atoms with Gasteiger partial charge < -0.3 is 10.2 Å². The number of hydrogen-bond donors (Lipinski definition) is 1. The fourth-order valence-electron chi connectivity index (χ4n) is 4.80. The maximum absolute atomic E-state index is 14.3. The lowest BCUT2D eigenvalue weighted by Crippen LogP contribution is -2.53. The van der Waals surface area contributed by atoms with Crippen LogP contribution in [0.2, 0.25) is 5.02 Å². The van der Waals surface area contributed by atoms with Crippen LogP contribution in [-0.2, 0) is 38.8 Å². The van der Waals surface area contributed by atoms with Crippen LogP contribution in [0, 0.1) is 6.92 Å². The first-order valence-corrected chi connectivity index (χ1v) is 16.6. The maximum atomic E-state index is 14.3. The summed E-state index contributed by atoms with van der Waals surface area (Å²) in [4.78, 5) is 28.7. The van der Waals surface area contributed by atoms with Crippen molar-refractivity contribution < 1.29 is 31.2 Å². The van der Waals surface area contributed by atoms with Crippen LogP contribution < -0.4 is 9.62 Å². The predicted octanol–water partition coefficient (Wildman–Crippen LogP) is 7.01. The number of rotatable bonds is 11. The third kappa shape index (κ3) is 8.48. The average Bonchev–Trinajstić information content (AvgIpc) is 3.01. The van der Waals surface area contributed by atoms with Crippen molar-refractivity contribution in [3.63, 3.8) is 0 Å². The summed E-state index contributed by atoms with van der Waals surface area (Å²) in [7, 11) is -3.18. The van der Waals surface area contributed by atoms with Crippen molar-refractivity contribution in [3.8, 4) is 0 Å². The van der Waals surface area contributed by atoms with E-state index in [0.717, 1.165) is 23.3 Å². The van der Waals surface area contributed by atoms with Crippen LogP contribution in [0.1, 0.15) is 22.3 Å². The molecule has 4 rings (SSSR count). The fraction of sp³-hybridized carbons (Fsp3) is 0.212. The summed E-state index contributed by atoms with van der Waals surface area (Å²) in [5.74, 6) is -1.32. The van der Waals surface area contributed by atoms with Crippen LogP contribution in [0.15, 0.2) is 106 Å². The highest BCUT2D eigenvalue weighted by atomic mass is 79.9. The number of anilines is 1. The van der Waals surface area contributed by atoms with E-state index in [1.807, 2.05) is 0 Å². The summed E-state index contributed by atoms with van der Waals surface area (Å²) >= 11 is 9.26. The van der Waals surface area contributed by atoms with Gasteiger partial charge in [0.1, 0.15) is 12.6 Å². The molecule has 1 N–H and O–H groups in total. The highest BCUT2D eigenvalue weighted by molar-refractivity contribution is 9.10. The maximum Gasteiger partial charge on any atom is 0.417 e. The van der Waals surface area contributed by atoms with Crippen LogP contribution in [0.3, 0.4) is 0 Å². The molecule has 0 aliphatic rings. The monoisotopic (exact) mass is 735 g/mol. The molecule has 0 bridgehead atoms. The van der Waals surface area contributed by atoms with Gasteiger partial charge >= 0.3 is 6.18 Å². The summed E-state index contributed by atoms with van der Waals surface area (Å²) in [5.41, 5.74) is 0.430. The van der Waals surface area contributed by atoms with E-state index in [1.54, 1.807) is 61.5 Å². The molecule has 242 valence electrons. The number of alkyl halides is 3. The predicted molar refractivity (Wildman–Crippen MR) is 175 cm³/mol. The van der Waals surface area contributed by atoms with Gasteiger partial charge in [-0.1, -0.05) is 87.7 Å². The van der Waals surface area contributed by atoms with E-state index in [-0.39, 0.29) is 17.9 Å². The second-order valence-electron chi connectivity index (χ2n) is 10.5. The van der Waals surface area contributed by atoms with E-state index in [4.69, 9.17) is 11.6 Å². The van der Waals surface area contributed by atoms with E-state index in [9.17, 15) is 31.2 Å². The van der Waals surface area contributed by atoms with Crippen molar-refractivity contribution in [1.82, 2.24) is 10.2 Å². The second-order valence-corrected chi connectivity index (χ2v) is 13.6. The Labute approximate surface area is 279 Å². The zero-order valence-electron chi connectivity index (χ0n) is 24.8. The Morgan fingerprint density at radius 3 is 2.17 bits per heavy atom. The smallest absolute Gasteiger partial charge is 0.357 e. The molecule has 0 aromatic heterocycles. The van der Waals surface area contributed by atoms with Gasteiger partial charge in [0.2, 0.25) is 11.8 Å². The highest BCUT2D eigenvalue weighted by Crippen LogP contribution is 2.38. The Morgan fingerprint density at radius 1 is 0.913 bits per heavy atom.